The van der Waals surface area contributed by atoms with Crippen molar-refractivity contribution in [3.05, 3.63) is 53.0 Å². The maximum absolute atomic E-state index is 11.2. The highest BCUT2D eigenvalue weighted by Crippen LogP contribution is 2.15. The fourth-order valence-electron chi connectivity index (χ4n) is 1.59. The molecule has 1 aromatic heterocycles. The first-order valence-corrected chi connectivity index (χ1v) is 7.39. The largest absolute Gasteiger partial charge is 0.476 e. The smallest absolute Gasteiger partial charge is 0.360 e. The van der Waals surface area contributed by atoms with Gasteiger partial charge in [0.15, 0.2) is 5.13 Å². The summed E-state index contributed by atoms with van der Waals surface area (Å²) in [6, 6.07) is 9.60. The zero-order chi connectivity index (χ0) is 16.5. The highest BCUT2D eigenvalue weighted by Gasteiger charge is 2.17. The lowest BCUT2D eigenvalue weighted by atomic mass is 10.2. The van der Waals surface area contributed by atoms with Gasteiger partial charge >= 0.3 is 5.97 Å². The Kier molecular flexibility index (Phi) is 6.01. The highest BCUT2D eigenvalue weighted by atomic mass is 32.1. The summed E-state index contributed by atoms with van der Waals surface area (Å²) >= 11 is 1.09. The minimum Gasteiger partial charge on any atom is -0.476 e. The van der Waals surface area contributed by atoms with Gasteiger partial charge in [0.25, 0.3) is 0 Å². The molecule has 1 heterocycles. The molecule has 2 rings (SSSR count). The molecule has 1 amide bonds. The SMILES string of the molecule is O=CNc1nc(/C(=N\OC/C=C/c2ccccc2)C(=O)O)cs1. The molecule has 0 unspecified atom stereocenters. The van der Waals surface area contributed by atoms with Crippen LogP contribution in [0.5, 0.6) is 0 Å². The van der Waals surface area contributed by atoms with Crippen molar-refractivity contribution in [1.82, 2.24) is 4.98 Å². The number of hydrogen-bond donors (Lipinski definition) is 2. The van der Waals surface area contributed by atoms with Gasteiger partial charge in [-0.15, -0.1) is 11.3 Å². The summed E-state index contributed by atoms with van der Waals surface area (Å²) in [4.78, 5) is 30.5. The van der Waals surface area contributed by atoms with Crippen LogP contribution in [0.2, 0.25) is 0 Å². The predicted octanol–water partition coefficient (Wildman–Crippen LogP) is 2.23. The molecule has 0 saturated heterocycles. The van der Waals surface area contributed by atoms with Crippen molar-refractivity contribution in [3.8, 4) is 0 Å². The van der Waals surface area contributed by atoms with E-state index in [0.29, 0.717) is 6.41 Å². The van der Waals surface area contributed by atoms with Gasteiger partial charge in [0, 0.05) is 5.38 Å². The van der Waals surface area contributed by atoms with E-state index >= 15 is 0 Å². The van der Waals surface area contributed by atoms with Gasteiger partial charge in [-0.05, 0) is 11.6 Å². The van der Waals surface area contributed by atoms with Crippen LogP contribution in [-0.2, 0) is 14.4 Å². The van der Waals surface area contributed by atoms with E-state index in [1.165, 1.54) is 5.38 Å². The second kappa shape index (κ2) is 8.44. The number of thiazole rings is 1. The van der Waals surface area contributed by atoms with Gasteiger partial charge in [-0.3, -0.25) is 4.79 Å². The van der Waals surface area contributed by atoms with Gasteiger partial charge in [-0.2, -0.15) is 0 Å². The molecule has 7 nitrogen and oxygen atoms in total. The maximum atomic E-state index is 11.2. The molecule has 0 atom stereocenters. The molecule has 2 aromatic rings. The Balaban J connectivity index is 1.97. The number of hydrogen-bond acceptors (Lipinski definition) is 6. The third kappa shape index (κ3) is 5.04. The molecule has 0 fully saturated rings. The van der Waals surface area contributed by atoms with E-state index in [9.17, 15) is 9.59 Å². The summed E-state index contributed by atoms with van der Waals surface area (Å²) in [5.74, 6) is -1.26. The number of aliphatic carboxylic acids is 1. The Labute approximate surface area is 135 Å². The number of rotatable bonds is 8. The first kappa shape index (κ1) is 16.4. The van der Waals surface area contributed by atoms with Crippen LogP contribution >= 0.6 is 11.3 Å². The average molecular weight is 331 g/mol. The van der Waals surface area contributed by atoms with Crippen LogP contribution in [0.15, 0.2) is 46.9 Å². The first-order valence-electron chi connectivity index (χ1n) is 6.51. The summed E-state index contributed by atoms with van der Waals surface area (Å²) in [6.45, 7) is 0.120. The molecule has 2 N–H and O–H groups in total. The van der Waals surface area contributed by atoms with Gasteiger partial charge in [-0.1, -0.05) is 41.6 Å². The minimum atomic E-state index is -1.26. The Hall–Kier alpha value is -3.00. The third-order valence-corrected chi connectivity index (χ3v) is 3.34. The van der Waals surface area contributed by atoms with Crippen molar-refractivity contribution in [2.24, 2.45) is 5.16 Å². The van der Waals surface area contributed by atoms with E-state index < -0.39 is 5.97 Å². The minimum absolute atomic E-state index is 0.120. The van der Waals surface area contributed by atoms with Gasteiger partial charge < -0.3 is 15.3 Å². The van der Waals surface area contributed by atoms with Crippen molar-refractivity contribution < 1.29 is 19.5 Å². The number of nitrogens with zero attached hydrogens (tertiary/aromatic N) is 2. The molecule has 0 bridgehead atoms. The van der Waals surface area contributed by atoms with Crippen molar-refractivity contribution in [1.29, 1.82) is 0 Å². The Morgan fingerprint density at radius 3 is 2.87 bits per heavy atom. The Morgan fingerprint density at radius 1 is 1.39 bits per heavy atom. The zero-order valence-electron chi connectivity index (χ0n) is 11.9. The number of carbonyl (C=O) groups excluding carboxylic acids is 1. The molecule has 0 aliphatic heterocycles. The fourth-order valence-corrected chi connectivity index (χ4v) is 2.24. The summed E-state index contributed by atoms with van der Waals surface area (Å²) < 4.78 is 0. The molecule has 0 spiro atoms. The number of carboxylic acids is 1. The van der Waals surface area contributed by atoms with Crippen LogP contribution in [-0.4, -0.2) is 34.8 Å². The monoisotopic (exact) mass is 331 g/mol. The number of nitrogens with one attached hydrogen (secondary N) is 1. The Morgan fingerprint density at radius 2 is 2.17 bits per heavy atom. The molecule has 0 aliphatic carbocycles. The quantitative estimate of drug-likeness (QED) is 0.334. The van der Waals surface area contributed by atoms with E-state index in [-0.39, 0.29) is 23.1 Å². The van der Waals surface area contributed by atoms with Crippen molar-refractivity contribution in [2.45, 2.75) is 0 Å². The number of benzene rings is 1. The number of carbonyl (C=O) groups is 2. The lowest BCUT2D eigenvalue weighted by molar-refractivity contribution is -0.129. The molecule has 1 aromatic carbocycles. The summed E-state index contributed by atoms with van der Waals surface area (Å²) in [7, 11) is 0. The molecule has 0 radical (unpaired) electrons. The van der Waals surface area contributed by atoms with Crippen LogP contribution in [0.3, 0.4) is 0 Å². The second-order valence-electron chi connectivity index (χ2n) is 4.15. The summed E-state index contributed by atoms with van der Waals surface area (Å²) in [5, 5.41) is 16.8. The summed E-state index contributed by atoms with van der Waals surface area (Å²) in [5.41, 5.74) is 0.801. The lowest BCUT2D eigenvalue weighted by Gasteiger charge is -1.98. The third-order valence-electron chi connectivity index (χ3n) is 2.57. The molecule has 8 heteroatoms. The van der Waals surface area contributed by atoms with E-state index in [1.807, 2.05) is 36.4 Å². The van der Waals surface area contributed by atoms with Crippen LogP contribution < -0.4 is 5.32 Å². The topological polar surface area (TPSA) is 101 Å². The predicted molar refractivity (Wildman–Crippen MR) is 87.4 cm³/mol. The van der Waals surface area contributed by atoms with E-state index in [4.69, 9.17) is 9.94 Å². The van der Waals surface area contributed by atoms with Gasteiger partial charge in [-0.25, -0.2) is 9.78 Å². The van der Waals surface area contributed by atoms with Crippen molar-refractivity contribution >= 4 is 40.6 Å². The van der Waals surface area contributed by atoms with Gasteiger partial charge in [0.05, 0.1) is 0 Å². The van der Waals surface area contributed by atoms with Crippen LogP contribution in [0, 0.1) is 0 Å². The lowest BCUT2D eigenvalue weighted by Crippen LogP contribution is -2.15. The molecule has 0 aliphatic rings. The zero-order valence-corrected chi connectivity index (χ0v) is 12.7. The molecular weight excluding hydrogens is 318 g/mol. The van der Waals surface area contributed by atoms with E-state index in [0.717, 1.165) is 16.9 Å². The highest BCUT2D eigenvalue weighted by molar-refractivity contribution is 7.14. The van der Waals surface area contributed by atoms with Crippen molar-refractivity contribution in [2.75, 3.05) is 11.9 Å². The Bertz CT molecular complexity index is 725. The standard InChI is InChI=1S/C15H13N3O4S/c19-10-16-15-17-12(9-23-15)13(14(20)21)18-22-8-4-7-11-5-2-1-3-6-11/h1-7,9-10H,8H2,(H,20,21)(H,16,17,19)/b7-4+,18-13+. The van der Waals surface area contributed by atoms with E-state index in [1.54, 1.807) is 6.08 Å². The van der Waals surface area contributed by atoms with Crippen molar-refractivity contribution in [3.63, 3.8) is 0 Å². The van der Waals surface area contributed by atoms with E-state index in [2.05, 4.69) is 15.5 Å². The molecule has 0 saturated carbocycles. The first-order chi connectivity index (χ1) is 11.2. The maximum Gasteiger partial charge on any atom is 0.360 e. The van der Waals surface area contributed by atoms with Crippen LogP contribution in [0.1, 0.15) is 11.3 Å². The molecule has 23 heavy (non-hydrogen) atoms. The van der Waals surface area contributed by atoms with Gasteiger partial charge in [0.2, 0.25) is 12.1 Å². The fraction of sp³-hybridized carbons (Fsp3) is 0.0667. The number of anilines is 1. The van der Waals surface area contributed by atoms with Crippen LogP contribution in [0.25, 0.3) is 6.08 Å². The van der Waals surface area contributed by atoms with Crippen LogP contribution in [0.4, 0.5) is 5.13 Å². The number of aromatic nitrogens is 1. The number of amides is 1. The molecular formula is C15H13N3O4S. The summed E-state index contributed by atoms with van der Waals surface area (Å²) in [6.07, 6.45) is 4.02. The normalized spacial score (nSPS) is 11.4. The average Bonchev–Trinajstić information content (AvgIpc) is 3.00. The second-order valence-corrected chi connectivity index (χ2v) is 5.01. The van der Waals surface area contributed by atoms with Gasteiger partial charge in [0.1, 0.15) is 12.3 Å². The number of carboxylic acid groups (broad SMARTS) is 1. The molecule has 118 valence electrons. The number of oxime groups is 1.